The van der Waals surface area contributed by atoms with Crippen molar-refractivity contribution in [1.29, 1.82) is 0 Å². The quantitative estimate of drug-likeness (QED) is 0.124. The molecule has 0 radical (unpaired) electrons. The van der Waals surface area contributed by atoms with Crippen molar-refractivity contribution < 1.29 is 45.5 Å². The van der Waals surface area contributed by atoms with E-state index in [4.69, 9.17) is 30.6 Å². The van der Waals surface area contributed by atoms with Crippen LogP contribution in [0.5, 0.6) is 0 Å². The molecule has 0 saturated carbocycles. The highest BCUT2D eigenvalue weighted by molar-refractivity contribution is 7.89. The standard InChI is InChI=1S/C28H30ClF2N3O8S/c1-16(34-17(2)27(36)18-9-19(30)11-20(31)10-18)15-42-26(35)6-4-8-41-28(37)22-12-25(43(32,38)39)23(29)13-24(22)33-14-21-5-3-7-40-21/h3,5,7,9-13,16-17,33-34H,4,6,8,14-15H2,1-2H3,(H2,32,38,39)/t16-,17+/m0/s1. The third kappa shape index (κ3) is 10.1. The van der Waals surface area contributed by atoms with Gasteiger partial charge in [-0.3, -0.25) is 9.59 Å². The largest absolute Gasteiger partial charge is 0.467 e. The molecule has 15 heteroatoms. The third-order valence-electron chi connectivity index (χ3n) is 5.96. The van der Waals surface area contributed by atoms with Gasteiger partial charge in [0.05, 0.1) is 41.7 Å². The van der Waals surface area contributed by atoms with Gasteiger partial charge in [0.2, 0.25) is 10.0 Å². The van der Waals surface area contributed by atoms with E-state index in [1.165, 1.54) is 19.3 Å². The summed E-state index contributed by atoms with van der Waals surface area (Å²) in [4.78, 5) is 37.0. The molecular weight excluding hydrogens is 612 g/mol. The predicted molar refractivity (Wildman–Crippen MR) is 152 cm³/mol. The lowest BCUT2D eigenvalue weighted by molar-refractivity contribution is -0.144. The smallest absolute Gasteiger partial charge is 0.340 e. The van der Waals surface area contributed by atoms with E-state index in [-0.39, 0.29) is 54.4 Å². The Bertz CT molecular complexity index is 1550. The van der Waals surface area contributed by atoms with Crippen LogP contribution in [-0.4, -0.2) is 51.4 Å². The van der Waals surface area contributed by atoms with E-state index >= 15 is 0 Å². The Hall–Kier alpha value is -3.85. The SMILES string of the molecule is C[C@@H](COC(=O)CCCOC(=O)c1cc(S(N)(=O)=O)c(Cl)cc1NCc1ccco1)N[C@H](C)C(=O)c1cc(F)cc(F)c1. The van der Waals surface area contributed by atoms with Crippen LogP contribution in [0.25, 0.3) is 0 Å². The molecule has 0 saturated heterocycles. The number of furan rings is 1. The van der Waals surface area contributed by atoms with E-state index in [1.54, 1.807) is 19.1 Å². The highest BCUT2D eigenvalue weighted by atomic mass is 35.5. The molecule has 0 amide bonds. The molecule has 0 fully saturated rings. The summed E-state index contributed by atoms with van der Waals surface area (Å²) in [5.41, 5.74) is -0.0989. The van der Waals surface area contributed by atoms with Gasteiger partial charge in [-0.1, -0.05) is 11.6 Å². The monoisotopic (exact) mass is 641 g/mol. The minimum Gasteiger partial charge on any atom is -0.467 e. The predicted octanol–water partition coefficient (Wildman–Crippen LogP) is 4.20. The van der Waals surface area contributed by atoms with Gasteiger partial charge >= 0.3 is 11.9 Å². The Morgan fingerprint density at radius 2 is 1.77 bits per heavy atom. The molecule has 11 nitrogen and oxygen atoms in total. The molecule has 3 aromatic rings. The maximum atomic E-state index is 13.4. The van der Waals surface area contributed by atoms with Crippen molar-refractivity contribution in [2.75, 3.05) is 18.5 Å². The first-order valence-electron chi connectivity index (χ1n) is 13.0. The van der Waals surface area contributed by atoms with Gasteiger partial charge < -0.3 is 24.5 Å². The molecular formula is C28H30ClF2N3O8S. The van der Waals surface area contributed by atoms with Crippen molar-refractivity contribution in [1.82, 2.24) is 5.32 Å². The number of hydrogen-bond acceptors (Lipinski definition) is 10. The van der Waals surface area contributed by atoms with E-state index in [0.29, 0.717) is 11.8 Å². The van der Waals surface area contributed by atoms with Gasteiger partial charge in [-0.25, -0.2) is 27.1 Å². The summed E-state index contributed by atoms with van der Waals surface area (Å²) < 4.78 is 66.3. The van der Waals surface area contributed by atoms with Gasteiger partial charge in [-0.05, 0) is 56.7 Å². The van der Waals surface area contributed by atoms with Crippen molar-refractivity contribution in [3.63, 3.8) is 0 Å². The molecule has 0 unspecified atom stereocenters. The molecule has 0 aliphatic heterocycles. The molecule has 2 atom stereocenters. The van der Waals surface area contributed by atoms with Crippen LogP contribution in [0.3, 0.4) is 0 Å². The Morgan fingerprint density at radius 3 is 2.40 bits per heavy atom. The minimum absolute atomic E-state index is 0.0944. The molecule has 0 aliphatic carbocycles. The van der Waals surface area contributed by atoms with Gasteiger partial charge in [0.15, 0.2) is 5.78 Å². The van der Waals surface area contributed by atoms with Gasteiger partial charge in [-0.15, -0.1) is 0 Å². The lowest BCUT2D eigenvalue weighted by Gasteiger charge is -2.19. The molecule has 0 spiro atoms. The molecule has 232 valence electrons. The summed E-state index contributed by atoms with van der Waals surface area (Å²) in [5.74, 6) is -3.21. The van der Waals surface area contributed by atoms with E-state index in [2.05, 4.69) is 10.6 Å². The highest BCUT2D eigenvalue weighted by Crippen LogP contribution is 2.29. The van der Waals surface area contributed by atoms with Crippen molar-refractivity contribution in [3.8, 4) is 0 Å². The third-order valence-corrected chi connectivity index (χ3v) is 7.33. The van der Waals surface area contributed by atoms with Crippen LogP contribution in [-0.2, 0) is 30.8 Å². The van der Waals surface area contributed by atoms with Crippen LogP contribution in [0.15, 0.2) is 58.0 Å². The number of nitrogens with one attached hydrogen (secondary N) is 2. The van der Waals surface area contributed by atoms with Crippen LogP contribution in [0.2, 0.25) is 5.02 Å². The zero-order chi connectivity index (χ0) is 31.7. The first kappa shape index (κ1) is 33.6. The van der Waals surface area contributed by atoms with Gasteiger partial charge in [-0.2, -0.15) is 0 Å². The Kier molecular flexibility index (Phi) is 11.8. The number of esters is 2. The second-order valence-corrected chi connectivity index (χ2v) is 11.5. The fourth-order valence-electron chi connectivity index (χ4n) is 3.93. The second-order valence-electron chi connectivity index (χ2n) is 9.54. The van der Waals surface area contributed by atoms with Crippen LogP contribution in [0.4, 0.5) is 14.5 Å². The van der Waals surface area contributed by atoms with Crippen molar-refractivity contribution >= 4 is 45.0 Å². The minimum atomic E-state index is -4.25. The summed E-state index contributed by atoms with van der Waals surface area (Å²) in [5, 5.41) is 10.9. The average molecular weight is 642 g/mol. The Labute approximate surface area is 251 Å². The number of rotatable bonds is 15. The Morgan fingerprint density at radius 1 is 1.07 bits per heavy atom. The topological polar surface area (TPSA) is 167 Å². The van der Waals surface area contributed by atoms with E-state index in [0.717, 1.165) is 18.2 Å². The first-order valence-corrected chi connectivity index (χ1v) is 14.9. The number of ketones is 1. The number of carbonyl (C=O) groups is 3. The fraction of sp³-hybridized carbons (Fsp3) is 0.321. The molecule has 0 bridgehead atoms. The highest BCUT2D eigenvalue weighted by Gasteiger charge is 2.22. The number of carbonyl (C=O) groups excluding carboxylic acids is 3. The fourth-order valence-corrected chi connectivity index (χ4v) is 5.03. The number of anilines is 1. The number of Topliss-reactive ketones (excluding diaryl/α,β-unsaturated/α-hetero) is 1. The maximum Gasteiger partial charge on any atom is 0.340 e. The molecule has 2 aromatic carbocycles. The van der Waals surface area contributed by atoms with E-state index < -0.39 is 56.4 Å². The average Bonchev–Trinajstić information content (AvgIpc) is 3.45. The maximum absolute atomic E-state index is 13.4. The number of hydrogen-bond donors (Lipinski definition) is 3. The second kappa shape index (κ2) is 15.0. The molecule has 1 aromatic heterocycles. The van der Waals surface area contributed by atoms with Crippen molar-refractivity contribution in [2.45, 2.75) is 50.2 Å². The summed E-state index contributed by atoms with van der Waals surface area (Å²) in [7, 11) is -4.25. The van der Waals surface area contributed by atoms with E-state index in [1.807, 2.05) is 0 Å². The summed E-state index contributed by atoms with van der Waals surface area (Å²) in [6.07, 6.45) is 1.45. The zero-order valence-electron chi connectivity index (χ0n) is 23.2. The number of sulfonamides is 1. The van der Waals surface area contributed by atoms with Crippen molar-refractivity contribution in [3.05, 3.63) is 82.3 Å². The number of benzene rings is 2. The number of halogens is 3. The zero-order valence-corrected chi connectivity index (χ0v) is 24.8. The number of ether oxygens (including phenoxy) is 2. The lowest BCUT2D eigenvalue weighted by atomic mass is 10.0. The summed E-state index contributed by atoms with van der Waals surface area (Å²) >= 11 is 6.07. The normalized spacial score (nSPS) is 12.8. The lowest BCUT2D eigenvalue weighted by Crippen LogP contribution is -2.42. The van der Waals surface area contributed by atoms with Gasteiger partial charge in [0, 0.05) is 24.1 Å². The summed E-state index contributed by atoms with van der Waals surface area (Å²) in [6, 6.07) is 6.86. The molecule has 1 heterocycles. The first-order chi connectivity index (χ1) is 20.2. The molecule has 3 rings (SSSR count). The molecule has 43 heavy (non-hydrogen) atoms. The Balaban J connectivity index is 1.48. The van der Waals surface area contributed by atoms with Crippen LogP contribution in [0, 0.1) is 11.6 Å². The molecule has 0 aliphatic rings. The number of nitrogens with two attached hydrogens (primary N) is 1. The van der Waals surface area contributed by atoms with Crippen molar-refractivity contribution in [2.24, 2.45) is 5.14 Å². The van der Waals surface area contributed by atoms with Crippen LogP contribution < -0.4 is 15.8 Å². The van der Waals surface area contributed by atoms with Crippen LogP contribution >= 0.6 is 11.6 Å². The summed E-state index contributed by atoms with van der Waals surface area (Å²) in [6.45, 7) is 3.04. The van der Waals surface area contributed by atoms with E-state index in [9.17, 15) is 31.6 Å². The molecule has 4 N–H and O–H groups in total. The van der Waals surface area contributed by atoms with Gasteiger partial charge in [0.25, 0.3) is 0 Å². The van der Waals surface area contributed by atoms with Crippen LogP contribution in [0.1, 0.15) is 53.2 Å². The number of primary sulfonamides is 1. The van der Waals surface area contributed by atoms with Gasteiger partial charge in [0.1, 0.15) is 28.9 Å².